The lowest BCUT2D eigenvalue weighted by Gasteiger charge is -2.29. The van der Waals surface area contributed by atoms with E-state index >= 15 is 0 Å². The summed E-state index contributed by atoms with van der Waals surface area (Å²) in [6.07, 6.45) is 9.81. The summed E-state index contributed by atoms with van der Waals surface area (Å²) in [7, 11) is -3.77. The standard InChI is InChI=1S/C21H34N4O3S.ClH/c22-21(12-4-1-2-5-13-21)17-23-20(26)16-29(27,28)24-18-8-10-19(11-9-18)25-14-6-3-7-15-25;/h8-11,24H,1-7,12-17,22H2,(H,23,26);1H. The number of amides is 1. The number of anilines is 2. The summed E-state index contributed by atoms with van der Waals surface area (Å²) < 4.78 is 27.2. The van der Waals surface area contributed by atoms with Gasteiger partial charge in [-0.05, 0) is 56.4 Å². The van der Waals surface area contributed by atoms with Gasteiger partial charge in [-0.3, -0.25) is 9.52 Å². The number of rotatable bonds is 7. The van der Waals surface area contributed by atoms with E-state index in [-0.39, 0.29) is 12.4 Å². The SMILES string of the molecule is Cl.NC1(CNC(=O)CS(=O)(=O)Nc2ccc(N3CCCCC3)cc2)CCCCCC1. The number of nitrogens with one attached hydrogen (secondary N) is 2. The van der Waals surface area contributed by atoms with E-state index in [1.54, 1.807) is 12.1 Å². The maximum absolute atomic E-state index is 12.4. The predicted molar refractivity (Wildman–Crippen MR) is 125 cm³/mol. The minimum atomic E-state index is -3.77. The molecular formula is C21H35ClN4O3S. The molecule has 1 aliphatic carbocycles. The molecule has 1 aromatic carbocycles. The molecule has 7 nitrogen and oxygen atoms in total. The van der Waals surface area contributed by atoms with E-state index in [1.165, 1.54) is 32.1 Å². The van der Waals surface area contributed by atoms with Crippen LogP contribution in [-0.2, 0) is 14.8 Å². The van der Waals surface area contributed by atoms with Crippen LogP contribution in [0.5, 0.6) is 0 Å². The van der Waals surface area contributed by atoms with Crippen molar-refractivity contribution in [2.75, 3.05) is 35.0 Å². The number of carbonyl (C=O) groups is 1. The lowest BCUT2D eigenvalue weighted by molar-refractivity contribution is -0.118. The summed E-state index contributed by atoms with van der Waals surface area (Å²) in [5, 5.41) is 2.72. The van der Waals surface area contributed by atoms with Gasteiger partial charge in [0.1, 0.15) is 5.75 Å². The van der Waals surface area contributed by atoms with Crippen LogP contribution in [0.3, 0.4) is 0 Å². The Morgan fingerprint density at radius 1 is 0.967 bits per heavy atom. The molecular weight excluding hydrogens is 424 g/mol. The maximum Gasteiger partial charge on any atom is 0.241 e. The van der Waals surface area contributed by atoms with Crippen LogP contribution in [0.15, 0.2) is 24.3 Å². The van der Waals surface area contributed by atoms with Gasteiger partial charge in [0.15, 0.2) is 0 Å². The van der Waals surface area contributed by atoms with Crippen LogP contribution in [0.25, 0.3) is 0 Å². The van der Waals surface area contributed by atoms with Crippen molar-refractivity contribution in [3.05, 3.63) is 24.3 Å². The highest BCUT2D eigenvalue weighted by Crippen LogP contribution is 2.24. The van der Waals surface area contributed by atoms with Gasteiger partial charge in [-0.1, -0.05) is 25.7 Å². The molecule has 0 bridgehead atoms. The molecule has 30 heavy (non-hydrogen) atoms. The average Bonchev–Trinajstić information content (AvgIpc) is 2.92. The highest BCUT2D eigenvalue weighted by atomic mass is 35.5. The Bertz CT molecular complexity index is 772. The van der Waals surface area contributed by atoms with Gasteiger partial charge < -0.3 is 16.0 Å². The zero-order chi connectivity index (χ0) is 20.7. The van der Waals surface area contributed by atoms with E-state index in [1.807, 2.05) is 12.1 Å². The predicted octanol–water partition coefficient (Wildman–Crippen LogP) is 3.01. The minimum Gasteiger partial charge on any atom is -0.372 e. The molecule has 9 heteroatoms. The first-order valence-corrected chi connectivity index (χ1v) is 12.4. The molecule has 2 fully saturated rings. The molecule has 1 heterocycles. The monoisotopic (exact) mass is 458 g/mol. The molecule has 170 valence electrons. The number of piperidine rings is 1. The number of carbonyl (C=O) groups excluding carboxylic acids is 1. The molecule has 0 aromatic heterocycles. The van der Waals surface area contributed by atoms with Crippen molar-refractivity contribution in [2.24, 2.45) is 5.73 Å². The zero-order valence-electron chi connectivity index (χ0n) is 17.6. The Hall–Kier alpha value is -1.51. The zero-order valence-corrected chi connectivity index (χ0v) is 19.2. The second-order valence-electron chi connectivity index (χ2n) is 8.51. The average molecular weight is 459 g/mol. The van der Waals surface area contributed by atoms with Crippen molar-refractivity contribution in [1.29, 1.82) is 0 Å². The fourth-order valence-electron chi connectivity index (χ4n) is 4.22. The summed E-state index contributed by atoms with van der Waals surface area (Å²) in [4.78, 5) is 14.5. The molecule has 2 aliphatic rings. The van der Waals surface area contributed by atoms with E-state index in [0.717, 1.165) is 44.5 Å². The van der Waals surface area contributed by atoms with Gasteiger partial charge in [-0.25, -0.2) is 8.42 Å². The van der Waals surface area contributed by atoms with E-state index in [0.29, 0.717) is 12.2 Å². The Balaban J connectivity index is 0.00000320. The van der Waals surface area contributed by atoms with Gasteiger partial charge in [0.05, 0.1) is 0 Å². The van der Waals surface area contributed by atoms with Crippen molar-refractivity contribution in [3.8, 4) is 0 Å². The highest BCUT2D eigenvalue weighted by molar-refractivity contribution is 7.93. The number of benzene rings is 1. The van der Waals surface area contributed by atoms with Gasteiger partial charge in [-0.15, -0.1) is 12.4 Å². The van der Waals surface area contributed by atoms with Crippen molar-refractivity contribution >= 4 is 39.7 Å². The second-order valence-corrected chi connectivity index (χ2v) is 10.2. The van der Waals surface area contributed by atoms with Crippen LogP contribution in [0.1, 0.15) is 57.8 Å². The third-order valence-electron chi connectivity index (χ3n) is 5.92. The lowest BCUT2D eigenvalue weighted by Crippen LogP contribution is -2.50. The van der Waals surface area contributed by atoms with Gasteiger partial charge >= 0.3 is 0 Å². The number of hydrogen-bond acceptors (Lipinski definition) is 5. The van der Waals surface area contributed by atoms with E-state index in [9.17, 15) is 13.2 Å². The number of nitrogens with two attached hydrogens (primary N) is 1. The number of halogens is 1. The van der Waals surface area contributed by atoms with Crippen molar-refractivity contribution in [1.82, 2.24) is 5.32 Å². The van der Waals surface area contributed by atoms with Gasteiger partial charge in [0, 0.05) is 36.5 Å². The molecule has 1 aromatic rings. The summed E-state index contributed by atoms with van der Waals surface area (Å²) in [5.41, 5.74) is 7.53. The smallest absolute Gasteiger partial charge is 0.241 e. The molecule has 0 radical (unpaired) electrons. The highest BCUT2D eigenvalue weighted by Gasteiger charge is 2.27. The molecule has 1 amide bonds. The van der Waals surface area contributed by atoms with Crippen molar-refractivity contribution in [3.63, 3.8) is 0 Å². The Morgan fingerprint density at radius 3 is 2.13 bits per heavy atom. The summed E-state index contributed by atoms with van der Waals surface area (Å²) in [6.45, 7) is 2.40. The number of hydrogen-bond donors (Lipinski definition) is 3. The van der Waals surface area contributed by atoms with Crippen molar-refractivity contribution < 1.29 is 13.2 Å². The third kappa shape index (κ3) is 7.63. The summed E-state index contributed by atoms with van der Waals surface area (Å²) in [6, 6.07) is 7.35. The molecule has 3 rings (SSSR count). The van der Waals surface area contributed by atoms with Crippen LogP contribution < -0.4 is 20.7 Å². The van der Waals surface area contributed by atoms with Crippen LogP contribution in [0.4, 0.5) is 11.4 Å². The second kappa shape index (κ2) is 11.2. The van der Waals surface area contributed by atoms with E-state index in [4.69, 9.17) is 5.73 Å². The molecule has 0 unspecified atom stereocenters. The first-order valence-electron chi connectivity index (χ1n) is 10.8. The fourth-order valence-corrected chi connectivity index (χ4v) is 5.23. The fraction of sp³-hybridized carbons (Fsp3) is 0.667. The normalized spacial score (nSPS) is 19.3. The number of sulfonamides is 1. The Kier molecular flexibility index (Phi) is 9.25. The summed E-state index contributed by atoms with van der Waals surface area (Å²) in [5.74, 6) is -1.12. The molecule has 1 aliphatic heterocycles. The quantitative estimate of drug-likeness (QED) is 0.545. The van der Waals surface area contributed by atoms with Crippen LogP contribution in [0, 0.1) is 0 Å². The lowest BCUT2D eigenvalue weighted by atomic mass is 9.91. The first-order chi connectivity index (χ1) is 13.9. The van der Waals surface area contributed by atoms with E-state index < -0.39 is 27.2 Å². The topological polar surface area (TPSA) is 105 Å². The Labute approximate surface area is 186 Å². The van der Waals surface area contributed by atoms with Gasteiger partial charge in [-0.2, -0.15) is 0 Å². The van der Waals surface area contributed by atoms with Crippen LogP contribution >= 0.6 is 12.4 Å². The van der Waals surface area contributed by atoms with Crippen molar-refractivity contribution in [2.45, 2.75) is 63.3 Å². The molecule has 1 saturated carbocycles. The minimum absolute atomic E-state index is 0. The molecule has 4 N–H and O–H groups in total. The largest absolute Gasteiger partial charge is 0.372 e. The number of nitrogens with zero attached hydrogens (tertiary/aromatic N) is 1. The molecule has 0 atom stereocenters. The maximum atomic E-state index is 12.4. The summed E-state index contributed by atoms with van der Waals surface area (Å²) >= 11 is 0. The van der Waals surface area contributed by atoms with Crippen LogP contribution in [-0.4, -0.2) is 45.3 Å². The van der Waals surface area contributed by atoms with E-state index in [2.05, 4.69) is 14.9 Å². The van der Waals surface area contributed by atoms with Crippen LogP contribution in [0.2, 0.25) is 0 Å². The Morgan fingerprint density at radius 2 is 1.53 bits per heavy atom. The van der Waals surface area contributed by atoms with Gasteiger partial charge in [0.25, 0.3) is 0 Å². The third-order valence-corrected chi connectivity index (χ3v) is 7.11. The first kappa shape index (κ1) is 24.8. The molecule has 0 spiro atoms. The molecule has 1 saturated heterocycles. The van der Waals surface area contributed by atoms with Gasteiger partial charge in [0.2, 0.25) is 15.9 Å².